The van der Waals surface area contributed by atoms with Crippen LogP contribution in [0.1, 0.15) is 86.5 Å². The van der Waals surface area contributed by atoms with E-state index in [1.165, 1.54) is 44.9 Å². The smallest absolute Gasteiger partial charge is 0.0355 e. The number of rotatable bonds is 4. The van der Waals surface area contributed by atoms with Crippen LogP contribution in [0.25, 0.3) is 0 Å². The van der Waals surface area contributed by atoms with Crippen molar-refractivity contribution in [3.05, 3.63) is 0 Å². The predicted molar refractivity (Wildman–Crippen MR) is 94.3 cm³/mol. The van der Waals surface area contributed by atoms with Gasteiger partial charge in [0, 0.05) is 0 Å². The van der Waals surface area contributed by atoms with Gasteiger partial charge in [0.2, 0.25) is 0 Å². The fourth-order valence-corrected chi connectivity index (χ4v) is 5.46. The molecule has 2 saturated carbocycles. The summed E-state index contributed by atoms with van der Waals surface area (Å²) >= 11 is 0. The zero-order chi connectivity index (χ0) is 15.6. The third-order valence-corrected chi connectivity index (χ3v) is 7.16. The molecule has 0 aliphatic heterocycles. The van der Waals surface area contributed by atoms with E-state index in [1.807, 2.05) is 0 Å². The van der Waals surface area contributed by atoms with Crippen LogP contribution in [0.3, 0.4) is 0 Å². The first-order chi connectivity index (χ1) is 9.90. The van der Waals surface area contributed by atoms with Gasteiger partial charge in [-0.2, -0.15) is 0 Å². The van der Waals surface area contributed by atoms with Crippen molar-refractivity contribution in [2.75, 3.05) is 0 Å². The van der Waals surface area contributed by atoms with Crippen LogP contribution in [0, 0.1) is 47.3 Å². The third-order valence-electron chi connectivity index (χ3n) is 7.16. The van der Waals surface area contributed by atoms with Crippen LogP contribution in [0.15, 0.2) is 0 Å². The van der Waals surface area contributed by atoms with E-state index in [4.69, 9.17) is 0 Å². The molecule has 0 aromatic rings. The van der Waals surface area contributed by atoms with Gasteiger partial charge in [0.25, 0.3) is 0 Å². The van der Waals surface area contributed by atoms with Crippen molar-refractivity contribution < 1.29 is 0 Å². The fraction of sp³-hybridized carbons (Fsp3) is 1.00. The summed E-state index contributed by atoms with van der Waals surface area (Å²) in [7, 11) is 0. The van der Waals surface area contributed by atoms with Crippen LogP contribution in [0.5, 0.6) is 0 Å². The normalized spacial score (nSPS) is 38.4. The molecule has 0 aromatic carbocycles. The Bertz CT molecular complexity index is 293. The first-order valence-corrected chi connectivity index (χ1v) is 9.90. The van der Waals surface area contributed by atoms with Gasteiger partial charge in [-0.15, -0.1) is 0 Å². The third kappa shape index (κ3) is 4.26. The van der Waals surface area contributed by atoms with Gasteiger partial charge < -0.3 is 0 Å². The highest BCUT2D eigenvalue weighted by Crippen LogP contribution is 2.48. The summed E-state index contributed by atoms with van der Waals surface area (Å²) in [4.78, 5) is 0. The maximum absolute atomic E-state index is 2.49. The average molecular weight is 293 g/mol. The van der Waals surface area contributed by atoms with Crippen molar-refractivity contribution in [1.29, 1.82) is 0 Å². The molecule has 0 nitrogen and oxygen atoms in total. The molecule has 0 spiro atoms. The minimum absolute atomic E-state index is 0.888. The molecule has 0 radical (unpaired) electrons. The van der Waals surface area contributed by atoms with Gasteiger partial charge >= 0.3 is 0 Å². The second-order valence-electron chi connectivity index (χ2n) is 9.31. The maximum Gasteiger partial charge on any atom is -0.0355 e. The van der Waals surface area contributed by atoms with Crippen LogP contribution in [-0.2, 0) is 0 Å². The van der Waals surface area contributed by atoms with Gasteiger partial charge in [0.1, 0.15) is 0 Å². The molecule has 0 aromatic heterocycles. The Labute approximate surface area is 134 Å². The van der Waals surface area contributed by atoms with E-state index in [0.29, 0.717) is 0 Å². The molecule has 2 aliphatic carbocycles. The summed E-state index contributed by atoms with van der Waals surface area (Å²) < 4.78 is 0. The topological polar surface area (TPSA) is 0 Å². The molecule has 0 saturated heterocycles. The van der Waals surface area contributed by atoms with Gasteiger partial charge in [-0.3, -0.25) is 0 Å². The monoisotopic (exact) mass is 292 g/mol. The lowest BCUT2D eigenvalue weighted by atomic mass is 9.60. The van der Waals surface area contributed by atoms with Gasteiger partial charge in [0.05, 0.1) is 0 Å². The van der Waals surface area contributed by atoms with Crippen molar-refractivity contribution in [2.45, 2.75) is 86.5 Å². The Kier molecular flexibility index (Phi) is 6.21. The summed E-state index contributed by atoms with van der Waals surface area (Å²) in [6.07, 6.45) is 10.6. The highest BCUT2D eigenvalue weighted by atomic mass is 14.4. The van der Waals surface area contributed by atoms with E-state index in [2.05, 4.69) is 41.5 Å². The van der Waals surface area contributed by atoms with E-state index in [-0.39, 0.29) is 0 Å². The van der Waals surface area contributed by atoms with Crippen molar-refractivity contribution in [1.82, 2.24) is 0 Å². The van der Waals surface area contributed by atoms with Gasteiger partial charge in [-0.1, -0.05) is 41.5 Å². The molecule has 2 rings (SSSR count). The second kappa shape index (κ2) is 7.51. The average Bonchev–Trinajstić information content (AvgIpc) is 2.46. The molecule has 0 heterocycles. The van der Waals surface area contributed by atoms with Crippen LogP contribution in [0.2, 0.25) is 0 Å². The molecule has 0 heteroatoms. The lowest BCUT2D eigenvalue weighted by molar-refractivity contribution is 0.0448. The Morgan fingerprint density at radius 1 is 0.571 bits per heavy atom. The standard InChI is InChI=1S/C21H40/c1-14(2)17-7-9-18(10-8-17)20-12-11-19(15(3)4)13-21(20)16(5)6/h14-21H,7-13H2,1-6H3. The van der Waals surface area contributed by atoms with Crippen molar-refractivity contribution in [2.24, 2.45) is 47.3 Å². The molecule has 124 valence electrons. The molecule has 21 heavy (non-hydrogen) atoms. The molecular weight excluding hydrogens is 252 g/mol. The van der Waals surface area contributed by atoms with Gasteiger partial charge in [0.15, 0.2) is 0 Å². The molecular formula is C21H40. The van der Waals surface area contributed by atoms with Crippen LogP contribution < -0.4 is 0 Å². The molecule has 0 N–H and O–H groups in total. The lowest BCUT2D eigenvalue weighted by Crippen LogP contribution is -2.36. The summed E-state index contributed by atoms with van der Waals surface area (Å²) in [6.45, 7) is 14.7. The maximum atomic E-state index is 2.49. The highest BCUT2D eigenvalue weighted by Gasteiger charge is 2.38. The molecule has 2 fully saturated rings. The first kappa shape index (κ1) is 17.4. The van der Waals surface area contributed by atoms with Crippen molar-refractivity contribution in [3.8, 4) is 0 Å². The Balaban J connectivity index is 1.95. The number of hydrogen-bond acceptors (Lipinski definition) is 0. The SMILES string of the molecule is CC(C)C1CCC(C2CCC(C(C)C)CC2C(C)C)CC1. The molecule has 3 atom stereocenters. The minimum Gasteiger partial charge on any atom is -0.0625 e. The summed E-state index contributed by atoms with van der Waals surface area (Å²) in [6, 6.07) is 0. The number of hydrogen-bond donors (Lipinski definition) is 0. The second-order valence-corrected chi connectivity index (χ2v) is 9.31. The summed E-state index contributed by atoms with van der Waals surface area (Å²) in [5.74, 6) is 7.82. The predicted octanol–water partition coefficient (Wildman–Crippen LogP) is 6.79. The Hall–Kier alpha value is 0. The van der Waals surface area contributed by atoms with Crippen molar-refractivity contribution >= 4 is 0 Å². The molecule has 2 aliphatic rings. The van der Waals surface area contributed by atoms with E-state index < -0.39 is 0 Å². The first-order valence-electron chi connectivity index (χ1n) is 9.90. The van der Waals surface area contributed by atoms with E-state index in [9.17, 15) is 0 Å². The Morgan fingerprint density at radius 3 is 1.57 bits per heavy atom. The van der Waals surface area contributed by atoms with Crippen LogP contribution in [-0.4, -0.2) is 0 Å². The molecule has 0 amide bonds. The zero-order valence-electron chi connectivity index (χ0n) is 15.6. The fourth-order valence-electron chi connectivity index (χ4n) is 5.46. The zero-order valence-corrected chi connectivity index (χ0v) is 15.6. The quantitative estimate of drug-likeness (QED) is 0.535. The van der Waals surface area contributed by atoms with E-state index in [1.54, 1.807) is 0 Å². The summed E-state index contributed by atoms with van der Waals surface area (Å²) in [5, 5.41) is 0. The van der Waals surface area contributed by atoms with E-state index in [0.717, 1.165) is 47.3 Å². The van der Waals surface area contributed by atoms with Gasteiger partial charge in [-0.05, 0) is 92.3 Å². The van der Waals surface area contributed by atoms with Gasteiger partial charge in [-0.25, -0.2) is 0 Å². The minimum atomic E-state index is 0.888. The highest BCUT2D eigenvalue weighted by molar-refractivity contribution is 4.89. The lowest BCUT2D eigenvalue weighted by Gasteiger charge is -2.46. The van der Waals surface area contributed by atoms with Crippen LogP contribution in [0.4, 0.5) is 0 Å². The Morgan fingerprint density at radius 2 is 1.10 bits per heavy atom. The molecule has 3 unspecified atom stereocenters. The van der Waals surface area contributed by atoms with E-state index >= 15 is 0 Å². The van der Waals surface area contributed by atoms with Crippen LogP contribution >= 0.6 is 0 Å². The summed E-state index contributed by atoms with van der Waals surface area (Å²) in [5.41, 5.74) is 0. The largest absolute Gasteiger partial charge is 0.0625 e. The molecule has 0 bridgehead atoms. The van der Waals surface area contributed by atoms with Crippen molar-refractivity contribution in [3.63, 3.8) is 0 Å².